The van der Waals surface area contributed by atoms with Crippen LogP contribution in [-0.4, -0.2) is 22.6 Å². The van der Waals surface area contributed by atoms with E-state index in [1.807, 2.05) is 0 Å². The first-order valence-electron chi connectivity index (χ1n) is 3.49. The van der Waals surface area contributed by atoms with Crippen molar-refractivity contribution < 1.29 is 14.4 Å². The summed E-state index contributed by atoms with van der Waals surface area (Å²) < 4.78 is 0. The summed E-state index contributed by atoms with van der Waals surface area (Å²) in [6.45, 7) is 1.22. The van der Waals surface area contributed by atoms with Crippen LogP contribution in [-0.2, 0) is 14.4 Å². The molecule has 0 saturated carbocycles. The molecule has 4 nitrogen and oxygen atoms in total. The Kier molecular flexibility index (Phi) is 2.03. The minimum atomic E-state index is -0.472. The quantitative estimate of drug-likeness (QED) is 0.465. The molecule has 1 heterocycles. The molecule has 0 N–H and O–H groups in total. The van der Waals surface area contributed by atoms with Crippen molar-refractivity contribution in [3.05, 3.63) is 0 Å². The molecule has 1 rings (SSSR count). The zero-order valence-corrected chi connectivity index (χ0v) is 6.29. The van der Waals surface area contributed by atoms with Gasteiger partial charge in [-0.2, -0.15) is 0 Å². The van der Waals surface area contributed by atoms with Crippen LogP contribution in [0, 0.1) is 0 Å². The Balaban J connectivity index is 2.79. The van der Waals surface area contributed by atoms with Crippen LogP contribution in [0.15, 0.2) is 0 Å². The highest BCUT2D eigenvalue weighted by atomic mass is 16.2. The zero-order valence-electron chi connectivity index (χ0n) is 6.29. The van der Waals surface area contributed by atoms with E-state index in [1.54, 1.807) is 0 Å². The Morgan fingerprint density at radius 2 is 1.73 bits per heavy atom. The van der Waals surface area contributed by atoms with Gasteiger partial charge in [-0.15, -0.1) is 0 Å². The van der Waals surface area contributed by atoms with Gasteiger partial charge in [-0.1, -0.05) is 0 Å². The third-order valence-electron chi connectivity index (χ3n) is 1.59. The molecular weight excluding hydrogens is 146 g/mol. The number of hydrogen-bond acceptors (Lipinski definition) is 3. The molecule has 0 aromatic heterocycles. The summed E-state index contributed by atoms with van der Waals surface area (Å²) in [6, 6.07) is 0. The monoisotopic (exact) mass is 155 g/mol. The van der Waals surface area contributed by atoms with E-state index in [0.717, 1.165) is 4.90 Å². The van der Waals surface area contributed by atoms with Crippen LogP contribution in [0.1, 0.15) is 26.2 Å². The van der Waals surface area contributed by atoms with Crippen LogP contribution in [0.2, 0.25) is 0 Å². The molecule has 0 atom stereocenters. The Morgan fingerprint density at radius 3 is 2.00 bits per heavy atom. The molecule has 1 saturated heterocycles. The topological polar surface area (TPSA) is 54.5 Å². The molecule has 60 valence electrons. The lowest BCUT2D eigenvalue weighted by Gasteiger charge is -2.20. The molecule has 4 heteroatoms. The SMILES string of the molecule is CC(=O)N1C(=O)CCCC1=O. The molecule has 0 aliphatic carbocycles. The number of nitrogens with zero attached hydrogens (tertiary/aromatic N) is 1. The Morgan fingerprint density at radius 1 is 1.27 bits per heavy atom. The molecule has 0 spiro atoms. The average Bonchev–Trinajstić information content (AvgIpc) is 1.85. The number of piperidine rings is 1. The summed E-state index contributed by atoms with van der Waals surface area (Å²) >= 11 is 0. The van der Waals surface area contributed by atoms with Gasteiger partial charge >= 0.3 is 0 Å². The Hall–Kier alpha value is -1.19. The van der Waals surface area contributed by atoms with E-state index < -0.39 is 5.91 Å². The molecule has 0 unspecified atom stereocenters. The predicted octanol–water partition coefficient (Wildman–Crippen LogP) is 0.0720. The molecule has 1 aliphatic heterocycles. The third-order valence-corrected chi connectivity index (χ3v) is 1.59. The number of amides is 3. The average molecular weight is 155 g/mol. The van der Waals surface area contributed by atoms with E-state index >= 15 is 0 Å². The Labute approximate surface area is 64.2 Å². The summed E-state index contributed by atoms with van der Waals surface area (Å²) in [7, 11) is 0. The first kappa shape index (κ1) is 7.91. The van der Waals surface area contributed by atoms with Gasteiger partial charge in [0.25, 0.3) is 0 Å². The van der Waals surface area contributed by atoms with Gasteiger partial charge in [0.2, 0.25) is 17.7 Å². The van der Waals surface area contributed by atoms with E-state index in [-0.39, 0.29) is 11.8 Å². The maximum atomic E-state index is 10.9. The minimum absolute atomic E-state index is 0.311. The summed E-state index contributed by atoms with van der Waals surface area (Å²) in [5.74, 6) is -1.21. The molecule has 1 fully saturated rings. The fourth-order valence-electron chi connectivity index (χ4n) is 1.10. The highest BCUT2D eigenvalue weighted by molar-refractivity contribution is 6.11. The molecule has 0 radical (unpaired) electrons. The second-order valence-electron chi connectivity index (χ2n) is 2.50. The van der Waals surface area contributed by atoms with Gasteiger partial charge in [-0.3, -0.25) is 14.4 Å². The van der Waals surface area contributed by atoms with Crippen molar-refractivity contribution in [1.82, 2.24) is 4.90 Å². The fourth-order valence-corrected chi connectivity index (χ4v) is 1.10. The van der Waals surface area contributed by atoms with E-state index in [2.05, 4.69) is 0 Å². The lowest BCUT2D eigenvalue weighted by Crippen LogP contribution is -2.43. The van der Waals surface area contributed by atoms with Crippen molar-refractivity contribution in [3.63, 3.8) is 0 Å². The van der Waals surface area contributed by atoms with Crippen LogP contribution in [0.5, 0.6) is 0 Å². The highest BCUT2D eigenvalue weighted by Crippen LogP contribution is 2.11. The molecule has 0 aromatic rings. The van der Waals surface area contributed by atoms with Gasteiger partial charge in [0.1, 0.15) is 0 Å². The number of likely N-dealkylation sites (tertiary alicyclic amines) is 1. The van der Waals surface area contributed by atoms with Crippen molar-refractivity contribution in [3.8, 4) is 0 Å². The molecule has 0 aromatic carbocycles. The van der Waals surface area contributed by atoms with Crippen LogP contribution >= 0.6 is 0 Å². The summed E-state index contributed by atoms with van der Waals surface area (Å²) in [5, 5.41) is 0. The molecule has 3 amide bonds. The van der Waals surface area contributed by atoms with Crippen molar-refractivity contribution in [1.29, 1.82) is 0 Å². The van der Waals surface area contributed by atoms with Crippen LogP contribution in [0.3, 0.4) is 0 Å². The normalized spacial score (nSPS) is 18.8. The molecule has 1 aliphatic rings. The molecule has 0 bridgehead atoms. The Bertz CT molecular complexity index is 206. The fraction of sp³-hybridized carbons (Fsp3) is 0.571. The number of carbonyl (C=O) groups is 3. The van der Waals surface area contributed by atoms with Gasteiger partial charge < -0.3 is 0 Å². The first-order chi connectivity index (χ1) is 5.13. The number of rotatable bonds is 0. The van der Waals surface area contributed by atoms with Gasteiger partial charge in [0.15, 0.2) is 0 Å². The van der Waals surface area contributed by atoms with Crippen molar-refractivity contribution in [2.75, 3.05) is 0 Å². The molecule has 11 heavy (non-hydrogen) atoms. The van der Waals surface area contributed by atoms with E-state index in [1.165, 1.54) is 6.92 Å². The van der Waals surface area contributed by atoms with Crippen LogP contribution < -0.4 is 0 Å². The smallest absolute Gasteiger partial charge is 0.236 e. The maximum Gasteiger partial charge on any atom is 0.236 e. The summed E-state index contributed by atoms with van der Waals surface area (Å²) in [4.78, 5) is 33.3. The van der Waals surface area contributed by atoms with E-state index in [9.17, 15) is 14.4 Å². The van der Waals surface area contributed by atoms with Crippen molar-refractivity contribution in [2.24, 2.45) is 0 Å². The van der Waals surface area contributed by atoms with Crippen molar-refractivity contribution in [2.45, 2.75) is 26.2 Å². The van der Waals surface area contributed by atoms with Gasteiger partial charge in [0.05, 0.1) is 0 Å². The van der Waals surface area contributed by atoms with Crippen LogP contribution in [0.4, 0.5) is 0 Å². The van der Waals surface area contributed by atoms with Crippen molar-refractivity contribution >= 4 is 17.7 Å². The van der Waals surface area contributed by atoms with Crippen LogP contribution in [0.25, 0.3) is 0 Å². The van der Waals surface area contributed by atoms with E-state index in [0.29, 0.717) is 19.3 Å². The second-order valence-corrected chi connectivity index (χ2v) is 2.50. The number of carbonyl (C=O) groups excluding carboxylic acids is 3. The standard InChI is InChI=1S/C7H9NO3/c1-5(9)8-6(10)3-2-4-7(8)11/h2-4H2,1H3. The second kappa shape index (κ2) is 2.82. The van der Waals surface area contributed by atoms with Gasteiger partial charge in [-0.05, 0) is 6.42 Å². The maximum absolute atomic E-state index is 10.9. The number of imide groups is 3. The predicted molar refractivity (Wildman–Crippen MR) is 36.4 cm³/mol. The highest BCUT2D eigenvalue weighted by Gasteiger charge is 2.28. The summed E-state index contributed by atoms with van der Waals surface area (Å²) in [6.07, 6.45) is 1.19. The molecular formula is C7H9NO3. The third kappa shape index (κ3) is 1.45. The van der Waals surface area contributed by atoms with E-state index in [4.69, 9.17) is 0 Å². The van der Waals surface area contributed by atoms with Gasteiger partial charge in [-0.25, -0.2) is 4.90 Å². The minimum Gasteiger partial charge on any atom is -0.274 e. The lowest BCUT2D eigenvalue weighted by molar-refractivity contribution is -0.155. The van der Waals surface area contributed by atoms with Gasteiger partial charge in [0, 0.05) is 19.8 Å². The summed E-state index contributed by atoms with van der Waals surface area (Å²) in [5.41, 5.74) is 0. The number of hydrogen-bond donors (Lipinski definition) is 0. The lowest BCUT2D eigenvalue weighted by atomic mass is 10.1. The zero-order chi connectivity index (χ0) is 8.43. The largest absolute Gasteiger partial charge is 0.274 e. The first-order valence-corrected chi connectivity index (χ1v) is 3.49.